The fourth-order valence-corrected chi connectivity index (χ4v) is 5.49. The smallest absolute Gasteiger partial charge is 0.281 e. The lowest BCUT2D eigenvalue weighted by Gasteiger charge is -2.29. The molecule has 1 N–H and O–H groups in total. The molecule has 1 fully saturated rings. The van der Waals surface area contributed by atoms with Crippen LogP contribution in [0.4, 0.5) is 10.2 Å². The lowest BCUT2D eigenvalue weighted by molar-refractivity contribution is 0.0704. The van der Waals surface area contributed by atoms with E-state index in [2.05, 4.69) is 15.4 Å². The number of ether oxygens (including phenoxy) is 2. The van der Waals surface area contributed by atoms with Crippen molar-refractivity contribution in [3.8, 4) is 0 Å². The summed E-state index contributed by atoms with van der Waals surface area (Å²) in [6.45, 7) is 4.01. The van der Waals surface area contributed by atoms with Gasteiger partial charge in [-0.25, -0.2) is 19.0 Å². The van der Waals surface area contributed by atoms with Gasteiger partial charge in [0.15, 0.2) is 17.3 Å². The van der Waals surface area contributed by atoms with Crippen molar-refractivity contribution < 1.29 is 18.7 Å². The predicted molar refractivity (Wildman–Crippen MR) is 144 cm³/mol. The van der Waals surface area contributed by atoms with Crippen LogP contribution < -0.4 is 10.2 Å². The second-order valence-electron chi connectivity index (χ2n) is 10.1. The molecule has 2 atom stereocenters. The number of aliphatic imine (C=N–C) groups is 1. The van der Waals surface area contributed by atoms with Crippen LogP contribution >= 0.6 is 11.6 Å². The minimum Gasteiger partial charge on any atom is -0.482 e. The number of halogens is 2. The summed E-state index contributed by atoms with van der Waals surface area (Å²) >= 11 is 6.22. The third kappa shape index (κ3) is 4.02. The third-order valence-electron chi connectivity index (χ3n) is 7.27. The molecule has 3 aromatic rings. The van der Waals surface area contributed by atoms with Crippen LogP contribution in [0.2, 0.25) is 5.02 Å². The van der Waals surface area contributed by atoms with Crippen LogP contribution in [0.1, 0.15) is 78.0 Å². The molecule has 0 spiro atoms. The number of aromatic nitrogens is 4. The highest BCUT2D eigenvalue weighted by Crippen LogP contribution is 2.48. The molecule has 4 heterocycles. The van der Waals surface area contributed by atoms with E-state index in [1.54, 1.807) is 25.4 Å². The summed E-state index contributed by atoms with van der Waals surface area (Å²) in [7, 11) is 4.74. The summed E-state index contributed by atoms with van der Waals surface area (Å²) in [5.41, 5.74) is 2.62. The number of hydrogen-bond donors (Lipinski definition) is 1. The highest BCUT2D eigenvalue weighted by molar-refractivity contribution is 6.30. The number of methoxy groups -OCH3 is 2. The molecule has 0 saturated heterocycles. The van der Waals surface area contributed by atoms with Gasteiger partial charge in [-0.2, -0.15) is 5.10 Å². The highest BCUT2D eigenvalue weighted by Gasteiger charge is 2.48. The highest BCUT2D eigenvalue weighted by atomic mass is 35.5. The number of imidazole rings is 1. The molecule has 3 aliphatic rings. The van der Waals surface area contributed by atoms with Gasteiger partial charge in [0.2, 0.25) is 12.2 Å². The number of nitrogens with zero attached hydrogens (tertiary/aromatic N) is 6. The van der Waals surface area contributed by atoms with Gasteiger partial charge in [-0.15, -0.1) is 0 Å². The average molecular weight is 554 g/mol. The van der Waals surface area contributed by atoms with E-state index in [1.165, 1.54) is 23.8 Å². The van der Waals surface area contributed by atoms with Gasteiger partial charge >= 0.3 is 0 Å². The number of fused-ring (bicyclic) bond motifs is 1. The summed E-state index contributed by atoms with van der Waals surface area (Å²) in [6.07, 6.45) is 2.80. The second kappa shape index (κ2) is 9.49. The minimum atomic E-state index is -0.669. The molecule has 1 aliphatic carbocycles. The Morgan fingerprint density at radius 1 is 1.18 bits per heavy atom. The maximum atomic E-state index is 15.9. The maximum Gasteiger partial charge on any atom is 0.281 e. The first kappa shape index (κ1) is 25.6. The van der Waals surface area contributed by atoms with Crippen molar-refractivity contribution >= 4 is 35.1 Å². The van der Waals surface area contributed by atoms with Crippen LogP contribution in [0.15, 0.2) is 35.1 Å². The number of nitrogens with one attached hydrogen (secondary N) is 1. The van der Waals surface area contributed by atoms with Crippen molar-refractivity contribution in [2.75, 3.05) is 19.1 Å². The Morgan fingerprint density at radius 2 is 1.90 bits per heavy atom. The lowest BCUT2D eigenvalue weighted by atomic mass is 10.0. The number of carbonyl (C=O) groups excluding carboxylic acids is 1. The molecule has 0 radical (unpaired) electrons. The Morgan fingerprint density at radius 3 is 2.51 bits per heavy atom. The van der Waals surface area contributed by atoms with Gasteiger partial charge < -0.3 is 19.4 Å². The predicted octanol–water partition coefficient (Wildman–Crippen LogP) is 4.54. The number of anilines is 1. The first-order chi connectivity index (χ1) is 18.7. The van der Waals surface area contributed by atoms with Crippen LogP contribution in [-0.2, 0) is 16.5 Å². The summed E-state index contributed by atoms with van der Waals surface area (Å²) < 4.78 is 30.2. The molecule has 12 heteroatoms. The van der Waals surface area contributed by atoms with Crippen LogP contribution in [0, 0.1) is 5.82 Å². The summed E-state index contributed by atoms with van der Waals surface area (Å²) in [5.74, 6) is 0.256. The Bertz CT molecular complexity index is 1520. The van der Waals surface area contributed by atoms with Gasteiger partial charge in [-0.3, -0.25) is 9.69 Å². The molecule has 10 nitrogen and oxygen atoms in total. The molecule has 2 aromatic heterocycles. The Balaban J connectivity index is 1.57. The number of benzene rings is 1. The van der Waals surface area contributed by atoms with Gasteiger partial charge in [0.1, 0.15) is 17.6 Å². The summed E-state index contributed by atoms with van der Waals surface area (Å²) in [6, 6.07) is 6.44. The molecule has 2 unspecified atom stereocenters. The third-order valence-corrected chi connectivity index (χ3v) is 7.52. The van der Waals surface area contributed by atoms with E-state index >= 15 is 4.39 Å². The normalized spacial score (nSPS) is 20.7. The number of rotatable bonds is 7. The number of hydrogen-bond acceptors (Lipinski definition) is 7. The Labute approximate surface area is 230 Å². The van der Waals surface area contributed by atoms with Gasteiger partial charge in [0, 0.05) is 37.4 Å². The SMILES string of the molecule is COC1=C(c2nc3c(n2C(C)C)C(c2ccc(Cl)cc2)N(c2c(F)c(C4CC4)nn2C)C3=O)C=NC(OC)N1. The topological polar surface area (TPSA) is 98.8 Å². The number of amides is 1. The van der Waals surface area contributed by atoms with Crippen molar-refractivity contribution in [1.29, 1.82) is 0 Å². The fraction of sp³-hybridized carbons (Fsp3) is 0.407. The van der Waals surface area contributed by atoms with E-state index in [0.717, 1.165) is 18.4 Å². The standard InChI is InChI=1S/C27H29ClFN7O3/c1-13(2)35-22-20(31-23(35)17-12-30-27(39-5)32-24(17)38-4)26(37)36(21(22)15-8-10-16(28)11-9-15)25-18(29)19(14-6-7-14)33-34(25)3/h8-14,21,27,32H,6-7H2,1-5H3. The average Bonchev–Trinajstić information content (AvgIpc) is 3.56. The van der Waals surface area contributed by atoms with E-state index in [1.807, 2.05) is 30.5 Å². The zero-order chi connectivity index (χ0) is 27.6. The van der Waals surface area contributed by atoms with E-state index in [4.69, 9.17) is 26.1 Å². The Hall–Kier alpha value is -3.70. The molecule has 204 valence electrons. The van der Waals surface area contributed by atoms with E-state index in [-0.39, 0.29) is 23.5 Å². The van der Waals surface area contributed by atoms with Crippen molar-refractivity contribution in [3.63, 3.8) is 0 Å². The van der Waals surface area contributed by atoms with Crippen LogP contribution in [0.5, 0.6) is 0 Å². The van der Waals surface area contributed by atoms with E-state index < -0.39 is 24.1 Å². The zero-order valence-electron chi connectivity index (χ0n) is 22.3. The van der Waals surface area contributed by atoms with Gasteiger partial charge in [-0.05, 0) is 44.4 Å². The van der Waals surface area contributed by atoms with Crippen molar-refractivity contribution in [3.05, 3.63) is 69.5 Å². The first-order valence-corrected chi connectivity index (χ1v) is 13.2. The molecule has 6 rings (SSSR count). The number of allylic oxidation sites excluding steroid dienone is 1. The zero-order valence-corrected chi connectivity index (χ0v) is 23.0. The van der Waals surface area contributed by atoms with Gasteiger partial charge in [0.25, 0.3) is 5.91 Å². The fourth-order valence-electron chi connectivity index (χ4n) is 5.37. The van der Waals surface area contributed by atoms with Gasteiger partial charge in [-0.1, -0.05) is 23.7 Å². The van der Waals surface area contributed by atoms with Gasteiger partial charge in [0.05, 0.1) is 18.4 Å². The number of aryl methyl sites for hydroxylation is 1. The summed E-state index contributed by atoms with van der Waals surface area (Å²) in [4.78, 5) is 24.9. The van der Waals surface area contributed by atoms with Crippen molar-refractivity contribution in [2.45, 2.75) is 51.0 Å². The Kier molecular flexibility index (Phi) is 6.22. The molecular formula is C27H29ClFN7O3. The van der Waals surface area contributed by atoms with Crippen molar-refractivity contribution in [2.24, 2.45) is 12.0 Å². The van der Waals surface area contributed by atoms with Crippen molar-refractivity contribution in [1.82, 2.24) is 24.6 Å². The molecule has 39 heavy (non-hydrogen) atoms. The quantitative estimate of drug-likeness (QED) is 0.461. The van der Waals surface area contributed by atoms with Crippen LogP contribution in [0.3, 0.4) is 0 Å². The number of carbonyl (C=O) groups is 1. The largest absolute Gasteiger partial charge is 0.482 e. The molecule has 0 bridgehead atoms. The molecule has 2 aliphatic heterocycles. The molecule has 1 aromatic carbocycles. The molecule has 1 amide bonds. The maximum absolute atomic E-state index is 15.9. The van der Waals surface area contributed by atoms with Crippen LogP contribution in [0.25, 0.3) is 5.57 Å². The second-order valence-corrected chi connectivity index (χ2v) is 10.6. The minimum absolute atomic E-state index is 0.0849. The lowest BCUT2D eigenvalue weighted by Crippen LogP contribution is -2.34. The van der Waals surface area contributed by atoms with E-state index in [9.17, 15) is 4.79 Å². The van der Waals surface area contributed by atoms with E-state index in [0.29, 0.717) is 33.7 Å². The van der Waals surface area contributed by atoms with Crippen LogP contribution in [-0.4, -0.2) is 52.0 Å². The first-order valence-electron chi connectivity index (χ1n) is 12.8. The summed E-state index contributed by atoms with van der Waals surface area (Å²) in [5, 5.41) is 8.10. The molecule has 1 saturated carbocycles. The monoisotopic (exact) mass is 553 g/mol. The molecular weight excluding hydrogens is 525 g/mol.